The van der Waals surface area contributed by atoms with Gasteiger partial charge < -0.3 is 9.64 Å². The van der Waals surface area contributed by atoms with Crippen molar-refractivity contribution in [2.45, 2.75) is 12.7 Å². The van der Waals surface area contributed by atoms with Gasteiger partial charge in [-0.2, -0.15) is 23.4 Å². The molecule has 33 heavy (non-hydrogen) atoms. The van der Waals surface area contributed by atoms with Crippen molar-refractivity contribution in [1.82, 2.24) is 24.5 Å². The quantitative estimate of drug-likeness (QED) is 0.425. The zero-order valence-electron chi connectivity index (χ0n) is 18.1. The molecule has 0 atom stereocenters. The van der Waals surface area contributed by atoms with E-state index in [0.29, 0.717) is 17.9 Å². The van der Waals surface area contributed by atoms with Crippen molar-refractivity contribution < 1.29 is 17.9 Å². The van der Waals surface area contributed by atoms with E-state index in [2.05, 4.69) is 10.2 Å². The fourth-order valence-corrected chi connectivity index (χ4v) is 3.21. The first kappa shape index (κ1) is 22.5. The van der Waals surface area contributed by atoms with Gasteiger partial charge in [0.05, 0.1) is 17.8 Å². The van der Waals surface area contributed by atoms with Crippen LogP contribution >= 0.6 is 0 Å². The highest BCUT2D eigenvalue weighted by atomic mass is 19.4. The van der Waals surface area contributed by atoms with E-state index < -0.39 is 17.3 Å². The first-order valence-corrected chi connectivity index (χ1v) is 10.2. The van der Waals surface area contributed by atoms with Crippen LogP contribution in [0, 0.1) is 0 Å². The van der Waals surface area contributed by atoms with Crippen molar-refractivity contribution in [2.75, 3.05) is 27.2 Å². The number of benzene rings is 2. The molecule has 0 saturated heterocycles. The summed E-state index contributed by atoms with van der Waals surface area (Å²) in [7, 11) is 3.95. The highest BCUT2D eigenvalue weighted by Gasteiger charge is 2.30. The molecular weight excluding hydrogens is 435 g/mol. The fraction of sp³-hybridized carbons (Fsp3) is 0.261. The molecule has 10 heteroatoms. The van der Waals surface area contributed by atoms with Crippen LogP contribution in [-0.4, -0.2) is 51.7 Å². The molecule has 2 aromatic rings. The van der Waals surface area contributed by atoms with Crippen molar-refractivity contribution in [1.29, 1.82) is 0 Å². The summed E-state index contributed by atoms with van der Waals surface area (Å²) in [6.07, 6.45) is -2.71. The third-order valence-electron chi connectivity index (χ3n) is 5.01. The third kappa shape index (κ3) is 5.23. The lowest BCUT2D eigenvalue weighted by molar-refractivity contribution is -0.137. The normalized spacial score (nSPS) is 11.9. The minimum Gasteiger partial charge on any atom is -0.492 e. The van der Waals surface area contributed by atoms with E-state index in [1.165, 1.54) is 16.8 Å². The van der Waals surface area contributed by atoms with Crippen LogP contribution in [0.15, 0.2) is 65.6 Å². The Morgan fingerprint density at radius 2 is 1.67 bits per heavy atom. The molecule has 0 amide bonds. The molecule has 2 aromatic carbocycles. The molecule has 0 unspecified atom stereocenters. The molecule has 0 bridgehead atoms. The number of hydrogen-bond acceptors (Lipinski definition) is 5. The van der Waals surface area contributed by atoms with Crippen LogP contribution in [0.3, 0.4) is 0 Å². The van der Waals surface area contributed by atoms with Gasteiger partial charge in [-0.25, -0.2) is 9.36 Å². The fourth-order valence-electron chi connectivity index (χ4n) is 3.21. The van der Waals surface area contributed by atoms with E-state index in [-0.39, 0.29) is 12.2 Å². The molecule has 2 heterocycles. The molecule has 0 N–H and O–H groups in total. The summed E-state index contributed by atoms with van der Waals surface area (Å²) in [5.74, 6) is 0.733. The van der Waals surface area contributed by atoms with Gasteiger partial charge in [0.2, 0.25) is 0 Å². The van der Waals surface area contributed by atoms with E-state index >= 15 is 0 Å². The monoisotopic (exact) mass is 457 g/mol. The smallest absolute Gasteiger partial charge is 0.416 e. The SMILES string of the molecule is CN(C)CCOc1ccc(-n2ccc3nn(Cc4ccc(C(F)(F)F)cc4)c(=O)c-3n2)cc1. The molecule has 0 aliphatic carbocycles. The van der Waals surface area contributed by atoms with E-state index in [4.69, 9.17) is 4.74 Å². The average molecular weight is 457 g/mol. The lowest BCUT2D eigenvalue weighted by Gasteiger charge is -2.11. The number of aromatic nitrogens is 4. The maximum atomic E-state index is 12.8. The lowest BCUT2D eigenvalue weighted by Crippen LogP contribution is -2.19. The zero-order valence-corrected chi connectivity index (χ0v) is 18.1. The molecule has 4 rings (SSSR count). The molecular formula is C23H22F3N5O2. The minimum atomic E-state index is -4.41. The van der Waals surface area contributed by atoms with Crippen molar-refractivity contribution in [2.24, 2.45) is 0 Å². The summed E-state index contributed by atoms with van der Waals surface area (Å²) in [6.45, 7) is 1.42. The summed E-state index contributed by atoms with van der Waals surface area (Å²) >= 11 is 0. The summed E-state index contributed by atoms with van der Waals surface area (Å²) in [5.41, 5.74) is 0.707. The predicted molar refractivity (Wildman–Crippen MR) is 117 cm³/mol. The molecule has 7 nitrogen and oxygen atoms in total. The van der Waals surface area contributed by atoms with Crippen molar-refractivity contribution in [3.8, 4) is 22.8 Å². The van der Waals surface area contributed by atoms with E-state index in [0.717, 1.165) is 30.1 Å². The highest BCUT2D eigenvalue weighted by Crippen LogP contribution is 2.29. The molecule has 2 aliphatic rings. The van der Waals surface area contributed by atoms with Gasteiger partial charge in [0, 0.05) is 12.7 Å². The van der Waals surface area contributed by atoms with Crippen molar-refractivity contribution in [3.63, 3.8) is 0 Å². The van der Waals surface area contributed by atoms with Gasteiger partial charge >= 0.3 is 6.18 Å². The topological polar surface area (TPSA) is 65.2 Å². The van der Waals surface area contributed by atoms with Crippen LogP contribution in [-0.2, 0) is 12.7 Å². The standard InChI is InChI=1S/C23H22F3N5O2/c1-29(2)13-14-33-19-9-7-18(8-10-19)30-12-11-20-21(28-30)22(32)31(27-20)15-16-3-5-17(6-4-16)23(24,25)26/h3-12H,13-15H2,1-2H3. The third-order valence-corrected chi connectivity index (χ3v) is 5.01. The molecule has 0 aromatic heterocycles. The Bertz CT molecular complexity index is 1240. The van der Waals surface area contributed by atoms with Crippen LogP contribution in [0.5, 0.6) is 5.75 Å². The number of halogens is 3. The van der Waals surface area contributed by atoms with Crippen LogP contribution in [0.25, 0.3) is 17.1 Å². The van der Waals surface area contributed by atoms with Gasteiger partial charge in [0.15, 0.2) is 5.69 Å². The van der Waals surface area contributed by atoms with Gasteiger partial charge in [-0.3, -0.25) is 4.79 Å². The maximum absolute atomic E-state index is 12.8. The number of ether oxygens (including phenoxy) is 1. The van der Waals surface area contributed by atoms with Gasteiger partial charge in [0.1, 0.15) is 18.1 Å². The molecule has 2 aliphatic heterocycles. The van der Waals surface area contributed by atoms with Crippen molar-refractivity contribution >= 4 is 0 Å². The number of fused-ring (bicyclic) bond motifs is 1. The summed E-state index contributed by atoms with van der Waals surface area (Å²) < 4.78 is 46.7. The molecule has 0 saturated carbocycles. The summed E-state index contributed by atoms with van der Waals surface area (Å²) in [6, 6.07) is 13.7. The van der Waals surface area contributed by atoms with Gasteiger partial charge in [-0.1, -0.05) is 12.1 Å². The first-order valence-electron chi connectivity index (χ1n) is 10.2. The second-order valence-electron chi connectivity index (χ2n) is 7.80. The second kappa shape index (κ2) is 9.07. The van der Waals surface area contributed by atoms with Crippen LogP contribution < -0.4 is 10.3 Å². The highest BCUT2D eigenvalue weighted by molar-refractivity contribution is 5.53. The summed E-state index contributed by atoms with van der Waals surface area (Å²) in [5, 5.41) is 8.65. The Balaban J connectivity index is 1.53. The Hall–Kier alpha value is -3.66. The molecule has 172 valence electrons. The van der Waals surface area contributed by atoms with Gasteiger partial charge in [-0.15, -0.1) is 0 Å². The van der Waals surface area contributed by atoms with Crippen LogP contribution in [0.1, 0.15) is 11.1 Å². The number of rotatable bonds is 7. The minimum absolute atomic E-state index is 0.0479. The van der Waals surface area contributed by atoms with Crippen molar-refractivity contribution in [3.05, 3.63) is 82.3 Å². The van der Waals surface area contributed by atoms with E-state index in [1.54, 1.807) is 16.9 Å². The number of hydrogen-bond donors (Lipinski definition) is 0. The van der Waals surface area contributed by atoms with E-state index in [9.17, 15) is 18.0 Å². The van der Waals surface area contributed by atoms with E-state index in [1.807, 2.05) is 43.3 Å². The molecule has 0 radical (unpaired) electrons. The molecule has 0 spiro atoms. The zero-order chi connectivity index (χ0) is 23.6. The number of alkyl halides is 3. The maximum Gasteiger partial charge on any atom is 0.416 e. The molecule has 0 fully saturated rings. The summed E-state index contributed by atoms with van der Waals surface area (Å²) in [4.78, 5) is 14.8. The predicted octanol–water partition coefficient (Wildman–Crippen LogP) is 3.54. The average Bonchev–Trinajstić information content (AvgIpc) is 3.08. The van der Waals surface area contributed by atoms with Gasteiger partial charge in [0.25, 0.3) is 5.56 Å². The lowest BCUT2D eigenvalue weighted by atomic mass is 10.1. The van der Waals surface area contributed by atoms with Crippen LogP contribution in [0.2, 0.25) is 0 Å². The first-order chi connectivity index (χ1) is 15.7. The van der Waals surface area contributed by atoms with Crippen LogP contribution in [0.4, 0.5) is 13.2 Å². The number of nitrogens with zero attached hydrogens (tertiary/aromatic N) is 5. The Labute approximate surface area is 188 Å². The largest absolute Gasteiger partial charge is 0.492 e. The Morgan fingerprint density at radius 3 is 2.30 bits per heavy atom. The Morgan fingerprint density at radius 1 is 0.970 bits per heavy atom. The van der Waals surface area contributed by atoms with Gasteiger partial charge in [-0.05, 0) is 62.1 Å². The number of likely N-dealkylation sites (N-methyl/N-ethyl adjacent to an activating group) is 1. The second-order valence-corrected chi connectivity index (χ2v) is 7.80. The Kier molecular flexibility index (Phi) is 6.19.